The van der Waals surface area contributed by atoms with Gasteiger partial charge < -0.3 is 19.5 Å². The topological polar surface area (TPSA) is 73.9 Å². The molecule has 6 heteroatoms. The molecule has 144 valence electrons. The molecule has 6 nitrogen and oxygen atoms in total. The van der Waals surface area contributed by atoms with Gasteiger partial charge in [0.1, 0.15) is 0 Å². The molecule has 0 aliphatic rings. The average Bonchev–Trinajstić information content (AvgIpc) is 2.68. The lowest BCUT2D eigenvalue weighted by Crippen LogP contribution is -2.36. The monoisotopic (exact) mass is 371 g/mol. The fraction of sp³-hybridized carbons (Fsp3) is 0.333. The summed E-state index contributed by atoms with van der Waals surface area (Å²) in [5.74, 6) is 0.0525. The first-order chi connectivity index (χ1) is 13.0. The van der Waals surface area contributed by atoms with Gasteiger partial charge in [-0.25, -0.2) is 4.79 Å². The molecule has 0 fully saturated rings. The number of hydrogen-bond acceptors (Lipinski definition) is 5. The molecular formula is C21H25NO5. The second-order valence-corrected chi connectivity index (χ2v) is 5.87. The third-order valence-electron chi connectivity index (χ3n) is 3.91. The second-order valence-electron chi connectivity index (χ2n) is 5.87. The highest BCUT2D eigenvalue weighted by Gasteiger charge is 2.19. The number of benzene rings is 2. The minimum atomic E-state index is -0.897. The van der Waals surface area contributed by atoms with Crippen LogP contribution in [0.1, 0.15) is 29.8 Å². The van der Waals surface area contributed by atoms with Gasteiger partial charge in [-0.2, -0.15) is 0 Å². The lowest BCUT2D eigenvalue weighted by molar-refractivity contribution is -0.129. The van der Waals surface area contributed by atoms with Crippen molar-refractivity contribution < 1.29 is 23.8 Å². The van der Waals surface area contributed by atoms with Crippen molar-refractivity contribution in [3.63, 3.8) is 0 Å². The molecular weight excluding hydrogens is 346 g/mol. The van der Waals surface area contributed by atoms with Crippen molar-refractivity contribution in [3.05, 3.63) is 59.7 Å². The van der Waals surface area contributed by atoms with Gasteiger partial charge in [0.25, 0.3) is 5.91 Å². The Hall–Kier alpha value is -3.02. The first kappa shape index (κ1) is 20.3. The molecule has 0 aliphatic carbocycles. The van der Waals surface area contributed by atoms with E-state index < -0.39 is 12.1 Å². The number of nitrogens with one attached hydrogen (secondary N) is 1. The summed E-state index contributed by atoms with van der Waals surface area (Å²) in [6.07, 6.45) is -0.186. The van der Waals surface area contributed by atoms with Gasteiger partial charge >= 0.3 is 5.97 Å². The van der Waals surface area contributed by atoms with E-state index in [9.17, 15) is 9.59 Å². The summed E-state index contributed by atoms with van der Waals surface area (Å²) in [4.78, 5) is 24.4. The van der Waals surface area contributed by atoms with E-state index in [1.165, 1.54) is 7.11 Å². The van der Waals surface area contributed by atoms with Crippen molar-refractivity contribution in [2.24, 2.45) is 0 Å². The minimum Gasteiger partial charge on any atom is -0.493 e. The van der Waals surface area contributed by atoms with E-state index in [4.69, 9.17) is 14.2 Å². The Labute approximate surface area is 159 Å². The number of hydrogen-bond donors (Lipinski definition) is 1. The molecule has 0 bridgehead atoms. The normalized spacial score (nSPS) is 11.4. The molecule has 1 N–H and O–H groups in total. The fourth-order valence-corrected chi connectivity index (χ4v) is 2.47. The van der Waals surface area contributed by atoms with Crippen LogP contribution in [0.4, 0.5) is 0 Å². The van der Waals surface area contributed by atoms with E-state index in [-0.39, 0.29) is 5.91 Å². The molecule has 0 aromatic heterocycles. The van der Waals surface area contributed by atoms with Crippen molar-refractivity contribution >= 4 is 11.9 Å². The largest absolute Gasteiger partial charge is 0.493 e. The van der Waals surface area contributed by atoms with Crippen LogP contribution in [0.2, 0.25) is 0 Å². The fourth-order valence-electron chi connectivity index (χ4n) is 2.47. The molecule has 2 aromatic carbocycles. The van der Waals surface area contributed by atoms with Gasteiger partial charge in [-0.15, -0.1) is 0 Å². The highest BCUT2D eigenvalue weighted by molar-refractivity contribution is 5.92. The van der Waals surface area contributed by atoms with Crippen LogP contribution >= 0.6 is 0 Å². The number of methoxy groups -OCH3 is 1. The van der Waals surface area contributed by atoms with E-state index >= 15 is 0 Å². The minimum absolute atomic E-state index is 0.295. The van der Waals surface area contributed by atoms with Crippen LogP contribution in [0, 0.1) is 0 Å². The molecule has 0 spiro atoms. The summed E-state index contributed by atoms with van der Waals surface area (Å²) < 4.78 is 15.9. The Balaban J connectivity index is 1.88. The first-order valence-corrected chi connectivity index (χ1v) is 8.88. The van der Waals surface area contributed by atoms with Gasteiger partial charge in [-0.3, -0.25) is 4.79 Å². The smallest absolute Gasteiger partial charge is 0.339 e. The van der Waals surface area contributed by atoms with Crippen molar-refractivity contribution in [3.8, 4) is 11.5 Å². The zero-order chi connectivity index (χ0) is 19.6. The van der Waals surface area contributed by atoms with Crippen LogP contribution in [-0.4, -0.2) is 38.2 Å². The van der Waals surface area contributed by atoms with E-state index in [0.29, 0.717) is 36.6 Å². The summed E-state index contributed by atoms with van der Waals surface area (Å²) in [6.45, 7) is 4.30. The number of carbonyl (C=O) groups is 2. The first-order valence-electron chi connectivity index (χ1n) is 8.88. The quantitative estimate of drug-likeness (QED) is 0.686. The lowest BCUT2D eigenvalue weighted by atomic mass is 10.1. The Morgan fingerprint density at radius 3 is 2.48 bits per heavy atom. The number of amides is 1. The Morgan fingerprint density at radius 2 is 1.81 bits per heavy atom. The summed E-state index contributed by atoms with van der Waals surface area (Å²) in [5.41, 5.74) is 1.42. The third-order valence-corrected chi connectivity index (χ3v) is 3.91. The van der Waals surface area contributed by atoms with Gasteiger partial charge in [-0.05, 0) is 44.0 Å². The van der Waals surface area contributed by atoms with Crippen molar-refractivity contribution in [2.45, 2.75) is 26.4 Å². The predicted octanol–water partition coefficient (Wildman–Crippen LogP) is 3.00. The van der Waals surface area contributed by atoms with E-state index in [2.05, 4.69) is 5.32 Å². The molecule has 27 heavy (non-hydrogen) atoms. The molecule has 1 unspecified atom stereocenters. The van der Waals surface area contributed by atoms with Gasteiger partial charge in [0.2, 0.25) is 0 Å². The third kappa shape index (κ3) is 6.02. The molecule has 1 amide bonds. The van der Waals surface area contributed by atoms with Crippen LogP contribution in [0.25, 0.3) is 0 Å². The van der Waals surface area contributed by atoms with Crippen LogP contribution in [0.3, 0.4) is 0 Å². The van der Waals surface area contributed by atoms with E-state index in [1.807, 2.05) is 37.3 Å². The maximum atomic E-state index is 12.3. The second kappa shape index (κ2) is 10.2. The molecule has 0 heterocycles. The highest BCUT2D eigenvalue weighted by Crippen LogP contribution is 2.28. The standard InChI is InChI=1S/C21H25NO5/c1-4-26-19-14-17(10-11-18(19)25-3)21(24)27-15(2)20(23)22-13-12-16-8-6-5-7-9-16/h5-11,14-15H,4,12-13H2,1-3H3,(H,22,23). The zero-order valence-corrected chi connectivity index (χ0v) is 15.9. The molecule has 1 atom stereocenters. The molecule has 2 rings (SSSR count). The number of carbonyl (C=O) groups excluding carboxylic acids is 2. The van der Waals surface area contributed by atoms with Gasteiger partial charge in [-0.1, -0.05) is 30.3 Å². The van der Waals surface area contributed by atoms with Crippen LogP contribution in [0.5, 0.6) is 11.5 Å². The van der Waals surface area contributed by atoms with E-state index in [0.717, 1.165) is 5.56 Å². The average molecular weight is 371 g/mol. The van der Waals surface area contributed by atoms with Crippen LogP contribution < -0.4 is 14.8 Å². The molecule has 0 saturated heterocycles. The highest BCUT2D eigenvalue weighted by atomic mass is 16.5. The van der Waals surface area contributed by atoms with Crippen molar-refractivity contribution in [2.75, 3.05) is 20.3 Å². The Morgan fingerprint density at radius 1 is 1.07 bits per heavy atom. The van der Waals surface area contributed by atoms with Crippen LogP contribution in [0.15, 0.2) is 48.5 Å². The maximum absolute atomic E-state index is 12.3. The Kier molecular flexibility index (Phi) is 7.67. The van der Waals surface area contributed by atoms with Crippen molar-refractivity contribution in [1.29, 1.82) is 0 Å². The number of esters is 1. The SMILES string of the molecule is CCOc1cc(C(=O)OC(C)C(=O)NCCc2ccccc2)ccc1OC. The maximum Gasteiger partial charge on any atom is 0.339 e. The summed E-state index contributed by atoms with van der Waals surface area (Å²) in [7, 11) is 1.53. The summed E-state index contributed by atoms with van der Waals surface area (Å²) in [6, 6.07) is 14.6. The Bertz CT molecular complexity index is 760. The van der Waals surface area contributed by atoms with Crippen molar-refractivity contribution in [1.82, 2.24) is 5.32 Å². The van der Waals surface area contributed by atoms with Gasteiger partial charge in [0.05, 0.1) is 19.3 Å². The molecule has 0 saturated carbocycles. The summed E-state index contributed by atoms with van der Waals surface area (Å²) >= 11 is 0. The van der Waals surface area contributed by atoms with Gasteiger partial charge in [0, 0.05) is 6.54 Å². The lowest BCUT2D eigenvalue weighted by Gasteiger charge is -2.15. The summed E-state index contributed by atoms with van der Waals surface area (Å²) in [5, 5.41) is 2.78. The molecule has 2 aromatic rings. The van der Waals surface area contributed by atoms with Crippen LogP contribution in [-0.2, 0) is 16.0 Å². The van der Waals surface area contributed by atoms with Gasteiger partial charge in [0.15, 0.2) is 17.6 Å². The molecule has 0 aliphatic heterocycles. The zero-order valence-electron chi connectivity index (χ0n) is 15.9. The predicted molar refractivity (Wildman–Crippen MR) is 102 cm³/mol. The van der Waals surface area contributed by atoms with E-state index in [1.54, 1.807) is 25.1 Å². The molecule has 0 radical (unpaired) electrons. The number of ether oxygens (including phenoxy) is 3. The number of rotatable bonds is 9.